The molecule has 1 aromatic rings. The summed E-state index contributed by atoms with van der Waals surface area (Å²) in [7, 11) is 2.09. The molecule has 1 aliphatic carbocycles. The first-order valence-electron chi connectivity index (χ1n) is 7.46. The molecule has 3 rings (SSSR count). The molecule has 1 saturated carbocycles. The fraction of sp³-hybridized carbons (Fsp3) is 0.562. The molecule has 2 aliphatic rings. The Bertz CT molecular complexity index is 549. The molecule has 0 atom stereocenters. The van der Waals surface area contributed by atoms with E-state index < -0.39 is 5.41 Å². The maximum absolute atomic E-state index is 13.1. The number of nitrogens with zero attached hydrogens (tertiary/aromatic N) is 2. The summed E-state index contributed by atoms with van der Waals surface area (Å²) in [5.41, 5.74) is 0.529. The fourth-order valence-electron chi connectivity index (χ4n) is 3.32. The van der Waals surface area contributed by atoms with Gasteiger partial charge in [0, 0.05) is 36.2 Å². The molecule has 0 aromatic heterocycles. The first-order valence-corrected chi connectivity index (χ1v) is 8.22. The van der Waals surface area contributed by atoms with Gasteiger partial charge in [0.25, 0.3) is 0 Å². The summed E-state index contributed by atoms with van der Waals surface area (Å²) < 4.78 is 0. The fourth-order valence-corrected chi connectivity index (χ4v) is 3.91. The van der Waals surface area contributed by atoms with Crippen molar-refractivity contribution in [2.75, 3.05) is 33.2 Å². The molecule has 1 amide bonds. The second-order valence-electron chi connectivity index (χ2n) is 6.16. The van der Waals surface area contributed by atoms with Gasteiger partial charge >= 0.3 is 0 Å². The molecule has 3 nitrogen and oxygen atoms in total. The van der Waals surface area contributed by atoms with Crippen LogP contribution in [0.4, 0.5) is 0 Å². The van der Waals surface area contributed by atoms with Gasteiger partial charge in [0.2, 0.25) is 5.91 Å². The third-order valence-corrected chi connectivity index (χ3v) is 5.40. The van der Waals surface area contributed by atoms with Gasteiger partial charge in [-0.1, -0.05) is 35.7 Å². The Hall–Kier alpha value is -0.770. The quantitative estimate of drug-likeness (QED) is 0.833. The van der Waals surface area contributed by atoms with Gasteiger partial charge in [-0.25, -0.2) is 0 Å². The van der Waals surface area contributed by atoms with Gasteiger partial charge in [0.1, 0.15) is 0 Å². The van der Waals surface area contributed by atoms with Gasteiger partial charge in [-0.15, -0.1) is 0 Å². The molecule has 1 aliphatic heterocycles. The van der Waals surface area contributed by atoms with Crippen LogP contribution in [0.25, 0.3) is 0 Å². The third-order valence-electron chi connectivity index (χ3n) is 4.85. The number of carbonyl (C=O) groups excluding carboxylic acids is 1. The molecular weight excluding hydrogens is 307 g/mol. The predicted molar refractivity (Wildman–Crippen MR) is 86.1 cm³/mol. The van der Waals surface area contributed by atoms with Crippen LogP contribution in [0.5, 0.6) is 0 Å². The molecule has 0 radical (unpaired) electrons. The summed E-state index contributed by atoms with van der Waals surface area (Å²) in [6.45, 7) is 3.50. The van der Waals surface area contributed by atoms with Crippen LogP contribution in [0.15, 0.2) is 18.2 Å². The lowest BCUT2D eigenvalue weighted by Gasteiger charge is -2.46. The molecular formula is C16H20Cl2N2O. The topological polar surface area (TPSA) is 23.6 Å². The van der Waals surface area contributed by atoms with E-state index in [1.54, 1.807) is 6.07 Å². The number of benzene rings is 1. The Labute approximate surface area is 135 Å². The van der Waals surface area contributed by atoms with E-state index in [1.165, 1.54) is 0 Å². The number of hydrogen-bond acceptors (Lipinski definition) is 2. The first-order chi connectivity index (χ1) is 10.0. The van der Waals surface area contributed by atoms with Crippen molar-refractivity contribution in [2.24, 2.45) is 0 Å². The van der Waals surface area contributed by atoms with E-state index >= 15 is 0 Å². The van der Waals surface area contributed by atoms with Gasteiger partial charge in [-0.2, -0.15) is 0 Å². The van der Waals surface area contributed by atoms with E-state index in [2.05, 4.69) is 11.9 Å². The molecule has 21 heavy (non-hydrogen) atoms. The monoisotopic (exact) mass is 326 g/mol. The van der Waals surface area contributed by atoms with Gasteiger partial charge in [0.15, 0.2) is 0 Å². The molecule has 0 unspecified atom stereocenters. The standard InChI is InChI=1S/C16H20Cl2N2O/c1-19-7-9-20(10-8-19)15(21)16(5-2-6-16)13-4-3-12(17)11-14(13)18/h3-4,11H,2,5-10H2,1H3. The van der Waals surface area contributed by atoms with Crippen LogP contribution in [0, 0.1) is 0 Å². The number of rotatable bonds is 2. The van der Waals surface area contributed by atoms with Crippen LogP contribution in [0.2, 0.25) is 10.0 Å². The van der Waals surface area contributed by atoms with Crippen LogP contribution in [0.1, 0.15) is 24.8 Å². The molecule has 0 N–H and O–H groups in total. The van der Waals surface area contributed by atoms with Crippen molar-refractivity contribution in [1.82, 2.24) is 9.80 Å². The molecule has 0 spiro atoms. The highest BCUT2D eigenvalue weighted by atomic mass is 35.5. The third kappa shape index (κ3) is 2.67. The minimum absolute atomic E-state index is 0.242. The van der Waals surface area contributed by atoms with Crippen LogP contribution in [0.3, 0.4) is 0 Å². The number of halogens is 2. The second kappa shape index (κ2) is 5.79. The van der Waals surface area contributed by atoms with E-state index in [0.29, 0.717) is 10.0 Å². The average Bonchev–Trinajstić information content (AvgIpc) is 2.40. The largest absolute Gasteiger partial charge is 0.339 e. The summed E-state index contributed by atoms with van der Waals surface area (Å²) in [6, 6.07) is 5.51. The lowest BCUT2D eigenvalue weighted by atomic mass is 9.63. The summed E-state index contributed by atoms with van der Waals surface area (Å²) >= 11 is 12.4. The maximum Gasteiger partial charge on any atom is 0.233 e. The molecule has 114 valence electrons. The molecule has 5 heteroatoms. The Morgan fingerprint density at radius 1 is 1.14 bits per heavy atom. The van der Waals surface area contributed by atoms with Crippen molar-refractivity contribution < 1.29 is 4.79 Å². The van der Waals surface area contributed by atoms with Gasteiger partial charge < -0.3 is 9.80 Å². The molecule has 1 heterocycles. The number of carbonyl (C=O) groups is 1. The zero-order valence-corrected chi connectivity index (χ0v) is 13.8. The van der Waals surface area contributed by atoms with Crippen molar-refractivity contribution in [3.63, 3.8) is 0 Å². The van der Waals surface area contributed by atoms with Gasteiger partial charge in [-0.3, -0.25) is 4.79 Å². The van der Waals surface area contributed by atoms with E-state index in [-0.39, 0.29) is 5.91 Å². The summed E-state index contributed by atoms with van der Waals surface area (Å²) in [5.74, 6) is 0.242. The summed E-state index contributed by atoms with van der Waals surface area (Å²) in [4.78, 5) is 17.3. The SMILES string of the molecule is CN1CCN(C(=O)C2(c3ccc(Cl)cc3Cl)CCC2)CC1. The number of hydrogen-bond donors (Lipinski definition) is 0. The van der Waals surface area contributed by atoms with Crippen molar-refractivity contribution in [1.29, 1.82) is 0 Å². The Kier molecular flexibility index (Phi) is 4.17. The first kappa shape index (κ1) is 15.1. The Balaban J connectivity index is 1.87. The van der Waals surface area contributed by atoms with Crippen molar-refractivity contribution >= 4 is 29.1 Å². The van der Waals surface area contributed by atoms with E-state index in [9.17, 15) is 4.79 Å². The van der Waals surface area contributed by atoms with E-state index in [0.717, 1.165) is 51.0 Å². The highest BCUT2D eigenvalue weighted by molar-refractivity contribution is 6.35. The smallest absolute Gasteiger partial charge is 0.233 e. The minimum Gasteiger partial charge on any atom is -0.339 e. The van der Waals surface area contributed by atoms with Crippen molar-refractivity contribution in [3.8, 4) is 0 Å². The van der Waals surface area contributed by atoms with Crippen molar-refractivity contribution in [3.05, 3.63) is 33.8 Å². The molecule has 1 aromatic carbocycles. The van der Waals surface area contributed by atoms with Crippen LogP contribution >= 0.6 is 23.2 Å². The van der Waals surface area contributed by atoms with E-state index in [4.69, 9.17) is 23.2 Å². The number of amides is 1. The summed E-state index contributed by atoms with van der Waals surface area (Å²) in [6.07, 6.45) is 2.86. The summed E-state index contributed by atoms with van der Waals surface area (Å²) in [5, 5.41) is 1.23. The van der Waals surface area contributed by atoms with Gasteiger partial charge in [-0.05, 0) is 37.6 Å². The molecule has 2 fully saturated rings. The Morgan fingerprint density at radius 3 is 2.33 bits per heavy atom. The van der Waals surface area contributed by atoms with Gasteiger partial charge in [0.05, 0.1) is 5.41 Å². The zero-order chi connectivity index (χ0) is 15.0. The minimum atomic E-state index is -0.419. The Morgan fingerprint density at radius 2 is 1.81 bits per heavy atom. The van der Waals surface area contributed by atoms with E-state index in [1.807, 2.05) is 17.0 Å². The second-order valence-corrected chi connectivity index (χ2v) is 7.00. The van der Waals surface area contributed by atoms with Crippen molar-refractivity contribution in [2.45, 2.75) is 24.7 Å². The number of likely N-dealkylation sites (N-methyl/N-ethyl adjacent to an activating group) is 1. The number of piperazine rings is 1. The maximum atomic E-state index is 13.1. The highest BCUT2D eigenvalue weighted by Gasteiger charge is 2.48. The highest BCUT2D eigenvalue weighted by Crippen LogP contribution is 2.48. The molecule has 1 saturated heterocycles. The molecule has 0 bridgehead atoms. The lowest BCUT2D eigenvalue weighted by Crippen LogP contribution is -2.56. The zero-order valence-electron chi connectivity index (χ0n) is 12.2. The van der Waals surface area contributed by atoms with Crippen LogP contribution in [-0.4, -0.2) is 48.9 Å². The van der Waals surface area contributed by atoms with Crippen LogP contribution < -0.4 is 0 Å². The lowest BCUT2D eigenvalue weighted by molar-refractivity contribution is -0.142. The predicted octanol–water partition coefficient (Wildman–Crippen LogP) is 3.19. The average molecular weight is 327 g/mol. The van der Waals surface area contributed by atoms with Crippen LogP contribution in [-0.2, 0) is 10.2 Å². The normalized spacial score (nSPS) is 22.0.